The first-order chi connectivity index (χ1) is 10.7. The first-order valence-corrected chi connectivity index (χ1v) is 7.55. The van der Waals surface area contributed by atoms with Gasteiger partial charge >= 0.3 is 0 Å². The summed E-state index contributed by atoms with van der Waals surface area (Å²) in [4.78, 5) is 22.9. The van der Waals surface area contributed by atoms with Gasteiger partial charge in [-0.1, -0.05) is 4.49 Å². The summed E-state index contributed by atoms with van der Waals surface area (Å²) in [5.74, 6) is 0.749. The van der Waals surface area contributed by atoms with Crippen LogP contribution in [0.4, 0.5) is 0 Å². The van der Waals surface area contributed by atoms with Crippen LogP contribution >= 0.6 is 11.5 Å². The van der Waals surface area contributed by atoms with E-state index in [0.29, 0.717) is 35.4 Å². The Balaban J connectivity index is 1.62. The number of amides is 1. The molecular formula is C13H15N5O3S. The van der Waals surface area contributed by atoms with Gasteiger partial charge in [0.05, 0.1) is 31.7 Å². The Hall–Kier alpha value is -2.29. The van der Waals surface area contributed by atoms with Crippen LogP contribution in [0.25, 0.3) is 0 Å². The van der Waals surface area contributed by atoms with Gasteiger partial charge in [0.25, 0.3) is 5.91 Å². The van der Waals surface area contributed by atoms with Crippen LogP contribution in [0.15, 0.2) is 12.4 Å². The Morgan fingerprint density at radius 1 is 1.41 bits per heavy atom. The molecule has 116 valence electrons. The highest BCUT2D eigenvalue weighted by Crippen LogP contribution is 2.21. The number of rotatable bonds is 4. The van der Waals surface area contributed by atoms with Gasteiger partial charge in [0.2, 0.25) is 11.8 Å². The average molecular weight is 321 g/mol. The van der Waals surface area contributed by atoms with E-state index in [0.717, 1.165) is 18.0 Å². The highest BCUT2D eigenvalue weighted by molar-refractivity contribution is 7.07. The van der Waals surface area contributed by atoms with Crippen molar-refractivity contribution in [3.05, 3.63) is 23.0 Å². The molecule has 1 amide bonds. The van der Waals surface area contributed by atoms with Crippen LogP contribution in [-0.4, -0.2) is 56.7 Å². The molecule has 1 aliphatic rings. The second-order valence-corrected chi connectivity index (χ2v) is 5.62. The lowest BCUT2D eigenvalue weighted by Crippen LogP contribution is -2.30. The maximum Gasteiger partial charge on any atom is 0.267 e. The molecule has 0 bridgehead atoms. The Kier molecular flexibility index (Phi) is 4.14. The van der Waals surface area contributed by atoms with Crippen LogP contribution < -0.4 is 9.47 Å². The van der Waals surface area contributed by atoms with Crippen molar-refractivity contribution in [3.8, 4) is 11.8 Å². The number of methoxy groups -OCH3 is 1. The van der Waals surface area contributed by atoms with Crippen molar-refractivity contribution >= 4 is 17.4 Å². The van der Waals surface area contributed by atoms with Crippen molar-refractivity contribution in [2.45, 2.75) is 19.4 Å². The number of carbonyl (C=O) groups excluding carboxylic acids is 1. The Bertz CT molecular complexity index is 677. The van der Waals surface area contributed by atoms with Gasteiger partial charge in [-0.2, -0.15) is 4.98 Å². The van der Waals surface area contributed by atoms with Crippen LogP contribution in [0.3, 0.4) is 0 Å². The highest BCUT2D eigenvalue weighted by atomic mass is 32.1. The number of hydrogen-bond donors (Lipinski definition) is 0. The fourth-order valence-electron chi connectivity index (χ4n) is 2.24. The predicted octanol–water partition coefficient (Wildman–Crippen LogP) is 0.939. The third kappa shape index (κ3) is 2.98. The highest BCUT2D eigenvalue weighted by Gasteiger charge is 2.30. The van der Waals surface area contributed by atoms with Crippen molar-refractivity contribution in [2.75, 3.05) is 20.2 Å². The third-order valence-corrected chi connectivity index (χ3v) is 4.18. The molecule has 0 radical (unpaired) electrons. The van der Waals surface area contributed by atoms with E-state index in [-0.39, 0.29) is 12.0 Å². The quantitative estimate of drug-likeness (QED) is 0.827. The molecule has 0 unspecified atom stereocenters. The van der Waals surface area contributed by atoms with Crippen LogP contribution in [-0.2, 0) is 0 Å². The van der Waals surface area contributed by atoms with Crippen LogP contribution in [0.5, 0.6) is 11.8 Å². The Morgan fingerprint density at radius 2 is 2.23 bits per heavy atom. The molecule has 1 fully saturated rings. The number of nitrogens with zero attached hydrogens (tertiary/aromatic N) is 5. The van der Waals surface area contributed by atoms with E-state index in [1.165, 1.54) is 19.5 Å². The van der Waals surface area contributed by atoms with Gasteiger partial charge in [0.15, 0.2) is 0 Å². The molecule has 0 aromatic carbocycles. The number of carbonyl (C=O) groups is 1. The van der Waals surface area contributed by atoms with Gasteiger partial charge in [0.1, 0.15) is 11.0 Å². The molecule has 0 aliphatic carbocycles. The Morgan fingerprint density at radius 3 is 2.95 bits per heavy atom. The zero-order valence-corrected chi connectivity index (χ0v) is 13.0. The van der Waals surface area contributed by atoms with E-state index in [9.17, 15) is 4.79 Å². The van der Waals surface area contributed by atoms with E-state index in [1.807, 2.05) is 0 Å². The summed E-state index contributed by atoms with van der Waals surface area (Å²) in [6.07, 6.45) is 3.68. The summed E-state index contributed by atoms with van der Waals surface area (Å²) in [5.41, 5.74) is 0.665. The number of hydrogen-bond acceptors (Lipinski definition) is 8. The monoisotopic (exact) mass is 321 g/mol. The third-order valence-electron chi connectivity index (χ3n) is 3.36. The number of likely N-dealkylation sites (tertiary alicyclic amines) is 1. The summed E-state index contributed by atoms with van der Waals surface area (Å²) < 4.78 is 14.6. The lowest BCUT2D eigenvalue weighted by Gasteiger charge is -2.16. The minimum absolute atomic E-state index is 0.0460. The van der Waals surface area contributed by atoms with Crippen molar-refractivity contribution in [3.63, 3.8) is 0 Å². The largest absolute Gasteiger partial charge is 0.480 e. The van der Waals surface area contributed by atoms with Crippen LogP contribution in [0.1, 0.15) is 21.8 Å². The minimum atomic E-state index is -0.105. The molecule has 0 N–H and O–H groups in total. The van der Waals surface area contributed by atoms with Gasteiger partial charge in [-0.25, -0.2) is 0 Å². The maximum atomic E-state index is 12.4. The van der Waals surface area contributed by atoms with Gasteiger partial charge in [0, 0.05) is 13.0 Å². The normalized spacial score (nSPS) is 17.5. The Labute approximate surface area is 131 Å². The first kappa shape index (κ1) is 14.6. The molecule has 9 heteroatoms. The zero-order valence-electron chi connectivity index (χ0n) is 12.2. The number of aromatic nitrogens is 4. The minimum Gasteiger partial charge on any atom is -0.480 e. The SMILES string of the molecule is COc1cncc(O[C@@H]2CCN(C(=O)c3snnc3C)C2)n1. The van der Waals surface area contributed by atoms with Crippen LogP contribution in [0.2, 0.25) is 0 Å². The summed E-state index contributed by atoms with van der Waals surface area (Å²) in [5, 5.41) is 3.87. The molecule has 0 saturated carbocycles. The first-order valence-electron chi connectivity index (χ1n) is 6.78. The average Bonchev–Trinajstić information content (AvgIpc) is 3.16. The molecule has 3 rings (SSSR count). The molecule has 2 aromatic rings. The van der Waals surface area contributed by atoms with Gasteiger partial charge < -0.3 is 14.4 Å². The lowest BCUT2D eigenvalue weighted by molar-refractivity contribution is 0.0774. The molecule has 3 heterocycles. The molecule has 1 saturated heterocycles. The standard InChI is InChI=1S/C13H15N5O3S/c1-8-12(22-17-16-8)13(19)18-4-3-9(7-18)21-11-6-14-5-10(15-11)20-2/h5-6,9H,3-4,7H2,1-2H3/t9-/m1/s1. The van der Waals surface area contributed by atoms with Crippen molar-refractivity contribution < 1.29 is 14.3 Å². The van der Waals surface area contributed by atoms with Gasteiger partial charge in [-0.05, 0) is 18.5 Å². The topological polar surface area (TPSA) is 90.3 Å². The van der Waals surface area contributed by atoms with Crippen molar-refractivity contribution in [2.24, 2.45) is 0 Å². The van der Waals surface area contributed by atoms with E-state index in [2.05, 4.69) is 19.6 Å². The molecule has 2 aromatic heterocycles. The van der Waals surface area contributed by atoms with Gasteiger partial charge in [-0.3, -0.25) is 9.78 Å². The number of ether oxygens (including phenoxy) is 2. The van der Waals surface area contributed by atoms with E-state index < -0.39 is 0 Å². The molecule has 1 atom stereocenters. The molecule has 22 heavy (non-hydrogen) atoms. The lowest BCUT2D eigenvalue weighted by atomic mass is 10.3. The molecule has 1 aliphatic heterocycles. The van der Waals surface area contributed by atoms with Gasteiger partial charge in [-0.15, -0.1) is 5.10 Å². The maximum absolute atomic E-state index is 12.4. The molecular weight excluding hydrogens is 306 g/mol. The fraction of sp³-hybridized carbons (Fsp3) is 0.462. The fourth-order valence-corrected chi connectivity index (χ4v) is 2.86. The smallest absolute Gasteiger partial charge is 0.267 e. The molecule has 8 nitrogen and oxygen atoms in total. The van der Waals surface area contributed by atoms with E-state index in [4.69, 9.17) is 9.47 Å². The number of aryl methyl sites for hydroxylation is 1. The summed E-state index contributed by atoms with van der Waals surface area (Å²) in [6, 6.07) is 0. The zero-order chi connectivity index (χ0) is 15.5. The van der Waals surface area contributed by atoms with E-state index in [1.54, 1.807) is 11.8 Å². The molecule has 0 spiro atoms. The van der Waals surface area contributed by atoms with Crippen molar-refractivity contribution in [1.29, 1.82) is 0 Å². The summed E-state index contributed by atoms with van der Waals surface area (Å²) in [7, 11) is 1.52. The summed E-state index contributed by atoms with van der Waals surface area (Å²) in [6.45, 7) is 2.93. The van der Waals surface area contributed by atoms with Crippen molar-refractivity contribution in [1.82, 2.24) is 24.5 Å². The predicted molar refractivity (Wildman–Crippen MR) is 78.2 cm³/mol. The van der Waals surface area contributed by atoms with Crippen LogP contribution in [0, 0.1) is 6.92 Å². The van der Waals surface area contributed by atoms with E-state index >= 15 is 0 Å². The second kappa shape index (κ2) is 6.22. The summed E-state index contributed by atoms with van der Waals surface area (Å²) >= 11 is 1.12. The second-order valence-electron chi connectivity index (χ2n) is 4.87.